The molecule has 0 saturated carbocycles. The van der Waals surface area contributed by atoms with Gasteiger partial charge in [-0.25, -0.2) is 8.42 Å². The van der Waals surface area contributed by atoms with E-state index < -0.39 is 15.8 Å². The van der Waals surface area contributed by atoms with E-state index in [1.165, 1.54) is 19.2 Å². The van der Waals surface area contributed by atoms with Gasteiger partial charge in [-0.05, 0) is 58.8 Å². The van der Waals surface area contributed by atoms with Crippen molar-refractivity contribution in [3.63, 3.8) is 0 Å². The second-order valence-corrected chi connectivity index (χ2v) is 9.56. The summed E-state index contributed by atoms with van der Waals surface area (Å²) in [6, 6.07) is 17.5. The molecule has 5 nitrogen and oxygen atoms in total. The van der Waals surface area contributed by atoms with Gasteiger partial charge in [0, 0.05) is 11.6 Å². The van der Waals surface area contributed by atoms with Gasteiger partial charge < -0.3 is 9.64 Å². The van der Waals surface area contributed by atoms with Gasteiger partial charge in [0.05, 0.1) is 24.3 Å². The van der Waals surface area contributed by atoms with Crippen LogP contribution in [0.1, 0.15) is 12.5 Å². The second-order valence-electron chi connectivity index (χ2n) is 6.75. The van der Waals surface area contributed by atoms with Crippen LogP contribution in [-0.4, -0.2) is 27.2 Å². The Morgan fingerprint density at radius 2 is 1.76 bits per heavy atom. The van der Waals surface area contributed by atoms with Crippen LogP contribution >= 0.6 is 11.3 Å². The second kappa shape index (κ2) is 9.24. The van der Waals surface area contributed by atoms with Gasteiger partial charge in [0.25, 0.3) is 0 Å². The minimum atomic E-state index is -3.61. The molecule has 1 unspecified atom stereocenters. The van der Waals surface area contributed by atoms with Crippen molar-refractivity contribution >= 4 is 32.8 Å². The summed E-state index contributed by atoms with van der Waals surface area (Å²) in [7, 11) is -2.08. The molecule has 7 heteroatoms. The fourth-order valence-electron chi connectivity index (χ4n) is 3.02. The number of benzene rings is 2. The molecule has 0 spiro atoms. The summed E-state index contributed by atoms with van der Waals surface area (Å²) in [5, 5.41) is 3.95. The lowest BCUT2D eigenvalue weighted by atomic mass is 10.1. The highest BCUT2D eigenvalue weighted by Crippen LogP contribution is 2.23. The number of para-hydroxylation sites is 1. The number of sulfone groups is 1. The third kappa shape index (κ3) is 5.25. The number of thiophene rings is 1. The Hall–Kier alpha value is -2.64. The van der Waals surface area contributed by atoms with Gasteiger partial charge in [-0.15, -0.1) is 0 Å². The van der Waals surface area contributed by atoms with Crippen molar-refractivity contribution in [3.05, 3.63) is 77.0 Å². The Labute approximate surface area is 175 Å². The molecule has 1 aromatic heterocycles. The van der Waals surface area contributed by atoms with E-state index in [2.05, 4.69) is 0 Å². The van der Waals surface area contributed by atoms with Crippen molar-refractivity contribution in [3.8, 4) is 5.75 Å². The largest absolute Gasteiger partial charge is 0.497 e. The smallest absolute Gasteiger partial charge is 0.231 e. The molecule has 0 aliphatic heterocycles. The Bertz CT molecular complexity index is 1030. The Balaban J connectivity index is 1.81. The van der Waals surface area contributed by atoms with Crippen LogP contribution in [0.25, 0.3) is 0 Å². The molecule has 29 heavy (non-hydrogen) atoms. The van der Waals surface area contributed by atoms with E-state index in [0.29, 0.717) is 12.3 Å². The molecule has 0 fully saturated rings. The lowest BCUT2D eigenvalue weighted by Crippen LogP contribution is -2.37. The SMILES string of the molecule is COc1ccc(S(=O)(=O)CC(C)C(=O)N(Cc2ccsc2)c2ccccc2)cc1. The number of hydrogen-bond acceptors (Lipinski definition) is 5. The average molecular weight is 430 g/mol. The number of ether oxygens (including phenoxy) is 1. The van der Waals surface area contributed by atoms with Gasteiger partial charge in [0.15, 0.2) is 9.84 Å². The first-order valence-corrected chi connectivity index (χ1v) is 11.7. The molecular weight excluding hydrogens is 406 g/mol. The summed E-state index contributed by atoms with van der Waals surface area (Å²) in [6.07, 6.45) is 0. The standard InChI is InChI=1S/C22H23NO4S2/c1-17(16-29(25,26)21-10-8-20(27-2)9-11-21)22(24)23(14-18-12-13-28-15-18)19-6-4-3-5-7-19/h3-13,15,17H,14,16H2,1-2H3. The van der Waals surface area contributed by atoms with Gasteiger partial charge in [-0.3, -0.25) is 4.79 Å². The Morgan fingerprint density at radius 1 is 1.07 bits per heavy atom. The van der Waals surface area contributed by atoms with Crippen molar-refractivity contribution in [2.75, 3.05) is 17.8 Å². The molecule has 0 aliphatic rings. The number of hydrogen-bond donors (Lipinski definition) is 0. The molecule has 3 aromatic rings. The fourth-order valence-corrected chi connectivity index (χ4v) is 5.22. The highest BCUT2D eigenvalue weighted by molar-refractivity contribution is 7.91. The molecule has 1 amide bonds. The first-order valence-electron chi connectivity index (χ1n) is 9.15. The van der Waals surface area contributed by atoms with Crippen molar-refractivity contribution in [2.24, 2.45) is 5.92 Å². The maximum absolute atomic E-state index is 13.2. The van der Waals surface area contributed by atoms with Gasteiger partial charge in [0.1, 0.15) is 5.75 Å². The molecule has 0 radical (unpaired) electrons. The van der Waals surface area contributed by atoms with E-state index in [9.17, 15) is 13.2 Å². The summed E-state index contributed by atoms with van der Waals surface area (Å²) in [5.74, 6) is -0.593. The van der Waals surface area contributed by atoms with Gasteiger partial charge in [-0.2, -0.15) is 11.3 Å². The summed E-state index contributed by atoms with van der Waals surface area (Å²) in [5.41, 5.74) is 1.76. The van der Waals surface area contributed by atoms with E-state index in [0.717, 1.165) is 11.3 Å². The Kier molecular flexibility index (Phi) is 6.71. The molecule has 1 heterocycles. The highest BCUT2D eigenvalue weighted by atomic mass is 32.2. The normalized spacial score (nSPS) is 12.3. The molecule has 0 saturated heterocycles. The molecule has 3 rings (SSSR count). The molecule has 0 N–H and O–H groups in total. The highest BCUT2D eigenvalue weighted by Gasteiger charge is 2.28. The maximum Gasteiger partial charge on any atom is 0.231 e. The van der Waals surface area contributed by atoms with E-state index in [4.69, 9.17) is 4.74 Å². The predicted molar refractivity (Wildman–Crippen MR) is 116 cm³/mol. The number of rotatable bonds is 8. The van der Waals surface area contributed by atoms with E-state index in [1.807, 2.05) is 47.2 Å². The van der Waals surface area contributed by atoms with Crippen LogP contribution in [0.5, 0.6) is 5.75 Å². The van der Waals surface area contributed by atoms with E-state index >= 15 is 0 Å². The summed E-state index contributed by atoms with van der Waals surface area (Å²) < 4.78 is 30.7. The van der Waals surface area contributed by atoms with Crippen LogP contribution in [0.3, 0.4) is 0 Å². The zero-order chi connectivity index (χ0) is 20.9. The molecule has 0 aliphatic carbocycles. The fraction of sp³-hybridized carbons (Fsp3) is 0.227. The monoisotopic (exact) mass is 429 g/mol. The predicted octanol–water partition coefficient (Wildman–Crippen LogP) is 4.40. The molecular formula is C22H23NO4S2. The topological polar surface area (TPSA) is 63.7 Å². The molecule has 1 atom stereocenters. The number of methoxy groups -OCH3 is 1. The van der Waals surface area contributed by atoms with Crippen LogP contribution < -0.4 is 9.64 Å². The lowest BCUT2D eigenvalue weighted by molar-refractivity contribution is -0.121. The van der Waals surface area contributed by atoms with Crippen molar-refractivity contribution in [1.29, 1.82) is 0 Å². The van der Waals surface area contributed by atoms with Crippen LogP contribution in [0.2, 0.25) is 0 Å². The quantitative estimate of drug-likeness (QED) is 0.532. The minimum absolute atomic E-state index is 0.182. The average Bonchev–Trinajstić information content (AvgIpc) is 3.25. The van der Waals surface area contributed by atoms with Gasteiger partial charge >= 0.3 is 0 Å². The molecule has 0 bridgehead atoms. The van der Waals surface area contributed by atoms with E-state index in [-0.39, 0.29) is 16.6 Å². The number of carbonyl (C=O) groups is 1. The minimum Gasteiger partial charge on any atom is -0.497 e. The number of nitrogens with zero attached hydrogens (tertiary/aromatic N) is 1. The summed E-state index contributed by atoms with van der Waals surface area (Å²) >= 11 is 1.56. The molecule has 2 aromatic carbocycles. The van der Waals surface area contributed by atoms with E-state index in [1.54, 1.807) is 35.3 Å². The summed E-state index contributed by atoms with van der Waals surface area (Å²) in [6.45, 7) is 2.06. The van der Waals surface area contributed by atoms with Gasteiger partial charge in [-0.1, -0.05) is 25.1 Å². The van der Waals surface area contributed by atoms with Gasteiger partial charge in [0.2, 0.25) is 5.91 Å². The van der Waals surface area contributed by atoms with Crippen LogP contribution in [0.4, 0.5) is 5.69 Å². The molecule has 152 valence electrons. The third-order valence-electron chi connectivity index (χ3n) is 4.56. The van der Waals surface area contributed by atoms with Crippen LogP contribution in [0, 0.1) is 5.92 Å². The first kappa shape index (κ1) is 21.1. The first-order chi connectivity index (χ1) is 13.9. The Morgan fingerprint density at radius 3 is 2.34 bits per heavy atom. The number of carbonyl (C=O) groups excluding carboxylic acids is 1. The number of anilines is 1. The zero-order valence-corrected chi connectivity index (χ0v) is 17.9. The van der Waals surface area contributed by atoms with Crippen molar-refractivity contribution in [1.82, 2.24) is 0 Å². The lowest BCUT2D eigenvalue weighted by Gasteiger charge is -2.26. The third-order valence-corrected chi connectivity index (χ3v) is 7.23. The number of amides is 1. The maximum atomic E-state index is 13.2. The van der Waals surface area contributed by atoms with Crippen LogP contribution in [0.15, 0.2) is 76.3 Å². The zero-order valence-electron chi connectivity index (χ0n) is 16.3. The summed E-state index contributed by atoms with van der Waals surface area (Å²) in [4.78, 5) is 15.1. The van der Waals surface area contributed by atoms with Crippen molar-refractivity contribution in [2.45, 2.75) is 18.4 Å². The van der Waals surface area contributed by atoms with Crippen molar-refractivity contribution < 1.29 is 17.9 Å². The van der Waals surface area contributed by atoms with Crippen LogP contribution in [-0.2, 0) is 21.2 Å².